The Kier molecular flexibility index (Phi) is 5.99. The summed E-state index contributed by atoms with van der Waals surface area (Å²) in [5.41, 5.74) is 0. The zero-order valence-electron chi connectivity index (χ0n) is 8.66. The summed E-state index contributed by atoms with van der Waals surface area (Å²) in [6.07, 6.45) is 3.28. The first-order chi connectivity index (χ1) is 6.08. The zero-order valence-corrected chi connectivity index (χ0v) is 9.47. The average molecular weight is 205 g/mol. The van der Waals surface area contributed by atoms with E-state index in [2.05, 4.69) is 0 Å². The standard InChI is InChI=1S/C9H19NO2S/c1-4-7-9-13(11,12)10(6-3)8-5-2/h7,9H,4-6,8H2,1-3H3/b9-7-. The molecule has 0 radical (unpaired) electrons. The fourth-order valence-corrected chi connectivity index (χ4v) is 2.42. The van der Waals surface area contributed by atoms with Gasteiger partial charge in [0.25, 0.3) is 0 Å². The molecule has 0 aromatic heterocycles. The first-order valence-electron chi connectivity index (χ1n) is 4.75. The minimum absolute atomic E-state index is 0.546. The quantitative estimate of drug-likeness (QED) is 0.665. The highest BCUT2D eigenvalue weighted by Gasteiger charge is 2.14. The van der Waals surface area contributed by atoms with Crippen LogP contribution in [0, 0.1) is 0 Å². The number of hydrogen-bond acceptors (Lipinski definition) is 2. The number of nitrogens with zero attached hydrogens (tertiary/aromatic N) is 1. The lowest BCUT2D eigenvalue weighted by Crippen LogP contribution is -2.29. The SMILES string of the molecule is CC/C=C\S(=O)(=O)N(CC)CCC. The molecule has 4 heteroatoms. The molecule has 0 aliphatic carbocycles. The molecule has 13 heavy (non-hydrogen) atoms. The predicted molar refractivity (Wildman–Crippen MR) is 55.9 cm³/mol. The fraction of sp³-hybridized carbons (Fsp3) is 0.778. The summed E-state index contributed by atoms with van der Waals surface area (Å²) in [6.45, 7) is 6.90. The van der Waals surface area contributed by atoms with Crippen LogP contribution in [0.5, 0.6) is 0 Å². The minimum Gasteiger partial charge on any atom is -0.208 e. The maximum atomic E-state index is 11.5. The Morgan fingerprint density at radius 1 is 1.23 bits per heavy atom. The molecule has 0 amide bonds. The minimum atomic E-state index is -3.14. The van der Waals surface area contributed by atoms with E-state index in [0.717, 1.165) is 12.8 Å². The van der Waals surface area contributed by atoms with Crippen LogP contribution in [0.15, 0.2) is 11.5 Å². The molecule has 0 aromatic carbocycles. The monoisotopic (exact) mass is 205 g/mol. The molecular weight excluding hydrogens is 186 g/mol. The molecule has 78 valence electrons. The van der Waals surface area contributed by atoms with Crippen molar-refractivity contribution in [3.8, 4) is 0 Å². The second-order valence-corrected chi connectivity index (χ2v) is 4.64. The first kappa shape index (κ1) is 12.7. The molecule has 3 nitrogen and oxygen atoms in total. The van der Waals surface area contributed by atoms with E-state index in [1.165, 1.54) is 9.71 Å². The van der Waals surface area contributed by atoms with Gasteiger partial charge in [-0.2, -0.15) is 4.31 Å². The Morgan fingerprint density at radius 3 is 2.23 bits per heavy atom. The molecular formula is C9H19NO2S. The lowest BCUT2D eigenvalue weighted by Gasteiger charge is -2.16. The molecule has 0 rings (SSSR count). The Labute approximate surface area is 81.5 Å². The van der Waals surface area contributed by atoms with E-state index in [1.54, 1.807) is 6.08 Å². The molecule has 0 heterocycles. The molecule has 0 spiro atoms. The van der Waals surface area contributed by atoms with E-state index < -0.39 is 10.0 Å². The Hall–Kier alpha value is -0.350. The van der Waals surface area contributed by atoms with Gasteiger partial charge in [0.1, 0.15) is 0 Å². The number of allylic oxidation sites excluding steroid dienone is 1. The van der Waals surface area contributed by atoms with Crippen molar-refractivity contribution in [2.45, 2.75) is 33.6 Å². The maximum absolute atomic E-state index is 11.5. The van der Waals surface area contributed by atoms with Crippen LogP contribution in [0.25, 0.3) is 0 Å². The van der Waals surface area contributed by atoms with Crippen molar-refractivity contribution >= 4 is 10.0 Å². The second-order valence-electron chi connectivity index (χ2n) is 2.82. The fourth-order valence-electron chi connectivity index (χ4n) is 1.02. The van der Waals surface area contributed by atoms with Crippen molar-refractivity contribution in [1.82, 2.24) is 4.31 Å². The van der Waals surface area contributed by atoms with Crippen LogP contribution in [0.3, 0.4) is 0 Å². The van der Waals surface area contributed by atoms with E-state index >= 15 is 0 Å². The molecule has 0 fully saturated rings. The van der Waals surface area contributed by atoms with Crippen LogP contribution in [-0.2, 0) is 10.0 Å². The van der Waals surface area contributed by atoms with Crippen LogP contribution in [-0.4, -0.2) is 25.8 Å². The van der Waals surface area contributed by atoms with Crippen molar-refractivity contribution in [1.29, 1.82) is 0 Å². The summed E-state index contributed by atoms with van der Waals surface area (Å²) < 4.78 is 24.6. The summed E-state index contributed by atoms with van der Waals surface area (Å²) in [5.74, 6) is 0. The average Bonchev–Trinajstić information content (AvgIpc) is 2.10. The van der Waals surface area contributed by atoms with Crippen molar-refractivity contribution in [3.05, 3.63) is 11.5 Å². The molecule has 0 saturated carbocycles. The molecule has 0 unspecified atom stereocenters. The highest BCUT2D eigenvalue weighted by atomic mass is 32.2. The van der Waals surface area contributed by atoms with Crippen molar-refractivity contribution in [2.24, 2.45) is 0 Å². The van der Waals surface area contributed by atoms with Gasteiger partial charge in [-0.1, -0.05) is 26.8 Å². The van der Waals surface area contributed by atoms with E-state index in [-0.39, 0.29) is 0 Å². The Balaban J connectivity index is 4.48. The van der Waals surface area contributed by atoms with Crippen molar-refractivity contribution < 1.29 is 8.42 Å². The lowest BCUT2D eigenvalue weighted by molar-refractivity contribution is 0.434. The van der Waals surface area contributed by atoms with Gasteiger partial charge in [-0.05, 0) is 12.8 Å². The summed E-state index contributed by atoms with van der Waals surface area (Å²) in [4.78, 5) is 0. The highest BCUT2D eigenvalue weighted by Crippen LogP contribution is 2.04. The van der Waals surface area contributed by atoms with Gasteiger partial charge in [-0.15, -0.1) is 0 Å². The molecule has 0 saturated heterocycles. The van der Waals surface area contributed by atoms with Gasteiger partial charge >= 0.3 is 0 Å². The van der Waals surface area contributed by atoms with E-state index in [0.29, 0.717) is 13.1 Å². The lowest BCUT2D eigenvalue weighted by atomic mass is 10.5. The van der Waals surface area contributed by atoms with Crippen LogP contribution in [0.4, 0.5) is 0 Å². The normalized spacial score (nSPS) is 12.9. The van der Waals surface area contributed by atoms with Crippen LogP contribution >= 0.6 is 0 Å². The summed E-state index contributed by atoms with van der Waals surface area (Å²) in [5, 5.41) is 1.30. The van der Waals surface area contributed by atoms with E-state index in [9.17, 15) is 8.42 Å². The summed E-state index contributed by atoms with van der Waals surface area (Å²) >= 11 is 0. The first-order valence-corrected chi connectivity index (χ1v) is 6.25. The Bertz CT molecular complexity index is 244. The topological polar surface area (TPSA) is 37.4 Å². The molecule has 0 bridgehead atoms. The van der Waals surface area contributed by atoms with Gasteiger partial charge in [0.2, 0.25) is 10.0 Å². The van der Waals surface area contributed by atoms with Gasteiger partial charge < -0.3 is 0 Å². The van der Waals surface area contributed by atoms with Gasteiger partial charge in [-0.3, -0.25) is 0 Å². The Morgan fingerprint density at radius 2 is 1.85 bits per heavy atom. The van der Waals surface area contributed by atoms with Crippen molar-refractivity contribution in [3.63, 3.8) is 0 Å². The molecule has 0 N–H and O–H groups in total. The van der Waals surface area contributed by atoms with Crippen LogP contribution in [0.2, 0.25) is 0 Å². The maximum Gasteiger partial charge on any atom is 0.235 e. The largest absolute Gasteiger partial charge is 0.235 e. The van der Waals surface area contributed by atoms with Crippen molar-refractivity contribution in [2.75, 3.05) is 13.1 Å². The number of sulfonamides is 1. The summed E-state index contributed by atoms with van der Waals surface area (Å²) in [6, 6.07) is 0. The molecule has 0 atom stereocenters. The van der Waals surface area contributed by atoms with Gasteiger partial charge in [0.05, 0.1) is 0 Å². The van der Waals surface area contributed by atoms with Crippen LogP contribution < -0.4 is 0 Å². The molecule has 0 aliphatic rings. The summed E-state index contributed by atoms with van der Waals surface area (Å²) in [7, 11) is -3.14. The molecule has 0 aromatic rings. The smallest absolute Gasteiger partial charge is 0.208 e. The van der Waals surface area contributed by atoms with Crippen LogP contribution in [0.1, 0.15) is 33.6 Å². The molecule has 0 aliphatic heterocycles. The van der Waals surface area contributed by atoms with Gasteiger partial charge in [-0.25, -0.2) is 8.42 Å². The zero-order chi connectivity index (χ0) is 10.3. The van der Waals surface area contributed by atoms with Gasteiger partial charge in [0.15, 0.2) is 0 Å². The second kappa shape index (κ2) is 6.16. The third-order valence-electron chi connectivity index (χ3n) is 1.69. The van der Waals surface area contributed by atoms with Gasteiger partial charge in [0, 0.05) is 18.5 Å². The van der Waals surface area contributed by atoms with E-state index in [4.69, 9.17) is 0 Å². The van der Waals surface area contributed by atoms with E-state index in [1.807, 2.05) is 20.8 Å². The third-order valence-corrected chi connectivity index (χ3v) is 3.39. The number of hydrogen-bond donors (Lipinski definition) is 0. The highest BCUT2D eigenvalue weighted by molar-refractivity contribution is 7.92. The number of rotatable bonds is 6. The predicted octanol–water partition coefficient (Wildman–Crippen LogP) is 1.97. The third kappa shape index (κ3) is 4.43.